The molecule has 1 aliphatic carbocycles. The average Bonchev–Trinajstić information content (AvgIpc) is 2.86. The molecule has 3 rings (SSSR count). The van der Waals surface area contributed by atoms with Crippen LogP contribution in [-0.2, 0) is 19.3 Å². The molecule has 0 saturated carbocycles. The summed E-state index contributed by atoms with van der Waals surface area (Å²) in [6.07, 6.45) is 3.30. The Labute approximate surface area is 118 Å². The number of nitrogens with two attached hydrogens (primary N) is 1. The van der Waals surface area contributed by atoms with E-state index in [4.69, 9.17) is 5.84 Å². The molecule has 2 atom stereocenters. The molecule has 0 fully saturated rings. The van der Waals surface area contributed by atoms with Crippen LogP contribution in [0.15, 0.2) is 36.4 Å². The van der Waals surface area contributed by atoms with E-state index in [1.54, 1.807) is 0 Å². The van der Waals surface area contributed by atoms with Crippen LogP contribution < -0.4 is 11.3 Å². The number of rotatable bonds is 5. The number of benzene rings is 1. The van der Waals surface area contributed by atoms with Crippen molar-refractivity contribution in [3.8, 4) is 0 Å². The molecule has 2 aromatic rings. The van der Waals surface area contributed by atoms with Gasteiger partial charge in [0.05, 0.1) is 0 Å². The Bertz CT molecular complexity index is 561. The van der Waals surface area contributed by atoms with Crippen LogP contribution in [0.4, 0.5) is 0 Å². The number of fused-ring (bicyclic) bond motifs is 1. The third kappa shape index (κ3) is 2.46. The third-order valence-electron chi connectivity index (χ3n) is 4.08. The molecule has 1 heterocycles. The second-order valence-electron chi connectivity index (χ2n) is 5.21. The van der Waals surface area contributed by atoms with Gasteiger partial charge in [-0.15, -0.1) is 11.3 Å². The van der Waals surface area contributed by atoms with E-state index < -0.39 is 0 Å². The van der Waals surface area contributed by atoms with Crippen LogP contribution in [0.2, 0.25) is 0 Å². The number of hydrogen-bond acceptors (Lipinski definition) is 3. The lowest BCUT2D eigenvalue weighted by atomic mass is 9.73. The van der Waals surface area contributed by atoms with Crippen molar-refractivity contribution < 1.29 is 0 Å². The minimum Gasteiger partial charge on any atom is -0.271 e. The molecule has 0 radical (unpaired) electrons. The summed E-state index contributed by atoms with van der Waals surface area (Å²) in [6.45, 7) is 2.20. The van der Waals surface area contributed by atoms with Gasteiger partial charge < -0.3 is 0 Å². The van der Waals surface area contributed by atoms with Crippen molar-refractivity contribution in [1.29, 1.82) is 0 Å². The van der Waals surface area contributed by atoms with Crippen molar-refractivity contribution in [2.24, 2.45) is 5.84 Å². The van der Waals surface area contributed by atoms with Gasteiger partial charge >= 0.3 is 0 Å². The molecule has 0 bridgehead atoms. The molecule has 0 saturated heterocycles. The van der Waals surface area contributed by atoms with Gasteiger partial charge in [-0.3, -0.25) is 11.3 Å². The van der Waals surface area contributed by atoms with Crippen molar-refractivity contribution in [2.75, 3.05) is 0 Å². The molecule has 1 aromatic carbocycles. The first-order valence-electron chi connectivity index (χ1n) is 6.93. The highest BCUT2D eigenvalue weighted by molar-refractivity contribution is 7.11. The third-order valence-corrected chi connectivity index (χ3v) is 5.33. The summed E-state index contributed by atoms with van der Waals surface area (Å²) in [5.74, 6) is 6.35. The maximum Gasteiger partial charge on any atom is 0.0330 e. The molecule has 0 amide bonds. The molecule has 19 heavy (non-hydrogen) atoms. The second kappa shape index (κ2) is 5.45. The van der Waals surface area contributed by atoms with Crippen LogP contribution in [0.5, 0.6) is 0 Å². The number of aryl methyl sites for hydroxylation is 1. The largest absolute Gasteiger partial charge is 0.271 e. The van der Waals surface area contributed by atoms with Crippen LogP contribution in [0.3, 0.4) is 0 Å². The Morgan fingerprint density at radius 1 is 1.26 bits per heavy atom. The summed E-state index contributed by atoms with van der Waals surface area (Å²) >= 11 is 1.91. The Balaban J connectivity index is 1.72. The molecule has 0 spiro atoms. The minimum atomic E-state index is 0.346. The van der Waals surface area contributed by atoms with E-state index in [1.165, 1.54) is 20.9 Å². The topological polar surface area (TPSA) is 38.0 Å². The van der Waals surface area contributed by atoms with Crippen molar-refractivity contribution in [2.45, 2.75) is 38.1 Å². The maximum absolute atomic E-state index is 5.78. The van der Waals surface area contributed by atoms with Gasteiger partial charge in [-0.05, 0) is 42.5 Å². The highest BCUT2D eigenvalue weighted by atomic mass is 32.1. The molecule has 2 unspecified atom stereocenters. The zero-order valence-corrected chi connectivity index (χ0v) is 12.0. The fourth-order valence-corrected chi connectivity index (χ4v) is 3.93. The lowest BCUT2D eigenvalue weighted by molar-refractivity contribution is 0.406. The summed E-state index contributed by atoms with van der Waals surface area (Å²) in [4.78, 5) is 2.89. The molecule has 2 nitrogen and oxygen atoms in total. The normalized spacial score (nSPS) is 18.7. The number of hydrazine groups is 1. The lowest BCUT2D eigenvalue weighted by Crippen LogP contribution is -2.45. The standard InChI is InChI=1S/C16H20N2S/c1-2-12-7-8-13(19-12)10-16(18-17)15-9-11-5-3-4-6-14(11)15/h3-8,15-16,18H,2,9-10,17H2,1H3. The molecular weight excluding hydrogens is 252 g/mol. The smallest absolute Gasteiger partial charge is 0.0330 e. The van der Waals surface area contributed by atoms with E-state index in [1.807, 2.05) is 11.3 Å². The quantitative estimate of drug-likeness (QED) is 0.648. The first-order valence-corrected chi connectivity index (χ1v) is 7.75. The Hall–Kier alpha value is -1.16. The first kappa shape index (κ1) is 12.9. The van der Waals surface area contributed by atoms with Gasteiger partial charge in [0.25, 0.3) is 0 Å². The van der Waals surface area contributed by atoms with E-state index in [9.17, 15) is 0 Å². The average molecular weight is 272 g/mol. The molecule has 3 heteroatoms. The van der Waals surface area contributed by atoms with Gasteiger partial charge in [0.15, 0.2) is 0 Å². The van der Waals surface area contributed by atoms with Crippen LogP contribution in [0.1, 0.15) is 33.7 Å². The van der Waals surface area contributed by atoms with Gasteiger partial charge in [0.2, 0.25) is 0 Å². The highest BCUT2D eigenvalue weighted by Gasteiger charge is 2.32. The summed E-state index contributed by atoms with van der Waals surface area (Å²) in [6, 6.07) is 13.5. The van der Waals surface area contributed by atoms with Crippen LogP contribution in [0.25, 0.3) is 0 Å². The summed E-state index contributed by atoms with van der Waals surface area (Å²) in [5, 5.41) is 0. The van der Waals surface area contributed by atoms with Crippen molar-refractivity contribution >= 4 is 11.3 Å². The molecular formula is C16H20N2S. The Morgan fingerprint density at radius 3 is 2.74 bits per heavy atom. The Kier molecular flexibility index (Phi) is 3.69. The summed E-state index contributed by atoms with van der Waals surface area (Å²) < 4.78 is 0. The highest BCUT2D eigenvalue weighted by Crippen LogP contribution is 2.38. The van der Waals surface area contributed by atoms with Crippen LogP contribution in [0, 0.1) is 0 Å². The zero-order valence-electron chi connectivity index (χ0n) is 11.2. The summed E-state index contributed by atoms with van der Waals surface area (Å²) in [7, 11) is 0. The van der Waals surface area contributed by atoms with E-state index in [0.717, 1.165) is 19.3 Å². The monoisotopic (exact) mass is 272 g/mol. The fourth-order valence-electron chi connectivity index (χ4n) is 2.91. The van der Waals surface area contributed by atoms with E-state index in [2.05, 4.69) is 48.7 Å². The molecule has 1 aromatic heterocycles. The Morgan fingerprint density at radius 2 is 2.05 bits per heavy atom. The molecule has 0 aliphatic heterocycles. The minimum absolute atomic E-state index is 0.346. The zero-order chi connectivity index (χ0) is 13.2. The first-order chi connectivity index (χ1) is 9.31. The van der Waals surface area contributed by atoms with Gasteiger partial charge in [0, 0.05) is 21.7 Å². The van der Waals surface area contributed by atoms with Crippen molar-refractivity contribution in [3.63, 3.8) is 0 Å². The van der Waals surface area contributed by atoms with Crippen molar-refractivity contribution in [3.05, 3.63) is 57.3 Å². The second-order valence-corrected chi connectivity index (χ2v) is 6.46. The SMILES string of the molecule is CCc1ccc(CC(NN)C2Cc3ccccc32)s1. The van der Waals surface area contributed by atoms with E-state index in [0.29, 0.717) is 12.0 Å². The predicted octanol–water partition coefficient (Wildman–Crippen LogP) is 3.02. The molecule has 100 valence electrons. The van der Waals surface area contributed by atoms with Crippen molar-refractivity contribution in [1.82, 2.24) is 5.43 Å². The number of nitrogens with one attached hydrogen (secondary N) is 1. The summed E-state index contributed by atoms with van der Waals surface area (Å²) in [5.41, 5.74) is 5.98. The van der Waals surface area contributed by atoms with E-state index in [-0.39, 0.29) is 0 Å². The van der Waals surface area contributed by atoms with Gasteiger partial charge in [-0.1, -0.05) is 31.2 Å². The molecule has 1 aliphatic rings. The lowest BCUT2D eigenvalue weighted by Gasteiger charge is -2.36. The maximum atomic E-state index is 5.78. The van der Waals surface area contributed by atoms with E-state index >= 15 is 0 Å². The molecule has 3 N–H and O–H groups in total. The van der Waals surface area contributed by atoms with Gasteiger partial charge in [0.1, 0.15) is 0 Å². The number of hydrogen-bond donors (Lipinski definition) is 2. The van der Waals surface area contributed by atoms with Gasteiger partial charge in [-0.25, -0.2) is 0 Å². The van der Waals surface area contributed by atoms with Crippen LogP contribution >= 0.6 is 11.3 Å². The fraction of sp³-hybridized carbons (Fsp3) is 0.375. The van der Waals surface area contributed by atoms with Gasteiger partial charge in [-0.2, -0.15) is 0 Å². The predicted molar refractivity (Wildman–Crippen MR) is 81.4 cm³/mol. The van der Waals surface area contributed by atoms with Crippen LogP contribution in [-0.4, -0.2) is 6.04 Å². The number of thiophene rings is 1.